The molecule has 0 unspecified atom stereocenters. The van der Waals surface area contributed by atoms with Gasteiger partial charge in [-0.15, -0.1) is 0 Å². The summed E-state index contributed by atoms with van der Waals surface area (Å²) in [5.74, 6) is -0.259. The molecule has 0 N–H and O–H groups in total. The summed E-state index contributed by atoms with van der Waals surface area (Å²) in [6.07, 6.45) is 5.06. The second kappa shape index (κ2) is 14.6. The minimum absolute atomic E-state index is 0.0552. The SMILES string of the molecule is CCOC(=O)/C=C(\CCCO[Si](C)(C)C(C)(C)C)CCCO[Si](c1ccccc1)(c1ccccc1)C(C)(C)C. The molecule has 6 heteroatoms. The van der Waals surface area contributed by atoms with Crippen LogP contribution in [0.1, 0.15) is 74.1 Å². The van der Waals surface area contributed by atoms with Crippen LogP contribution in [0.3, 0.4) is 0 Å². The van der Waals surface area contributed by atoms with Crippen molar-refractivity contribution in [2.45, 2.75) is 97.3 Å². The number of rotatable bonds is 14. The fourth-order valence-electron chi connectivity index (χ4n) is 4.75. The van der Waals surface area contributed by atoms with Gasteiger partial charge in [-0.25, -0.2) is 4.79 Å². The molecule has 2 aromatic carbocycles. The zero-order valence-corrected chi connectivity index (χ0v) is 27.9. The van der Waals surface area contributed by atoms with Crippen molar-refractivity contribution in [3.8, 4) is 0 Å². The van der Waals surface area contributed by atoms with Crippen LogP contribution in [0.15, 0.2) is 72.3 Å². The predicted octanol–water partition coefficient (Wildman–Crippen LogP) is 7.63. The number of esters is 1. The highest BCUT2D eigenvalue weighted by Gasteiger charge is 2.50. The third-order valence-electron chi connectivity index (χ3n) is 7.90. The van der Waals surface area contributed by atoms with Gasteiger partial charge in [-0.1, -0.05) is 108 Å². The molecule has 2 rings (SSSR count). The Bertz CT molecular complexity index is 995. The van der Waals surface area contributed by atoms with Crippen molar-refractivity contribution >= 4 is 33.0 Å². The first-order valence-corrected chi connectivity index (χ1v) is 19.3. The summed E-state index contributed by atoms with van der Waals surface area (Å²) >= 11 is 0. The largest absolute Gasteiger partial charge is 0.463 e. The molecule has 0 fully saturated rings. The second-order valence-corrected chi connectivity index (χ2v) is 22.0. The summed E-state index contributed by atoms with van der Waals surface area (Å²) in [7, 11) is -4.35. The van der Waals surface area contributed by atoms with Crippen molar-refractivity contribution < 1.29 is 18.4 Å². The van der Waals surface area contributed by atoms with Crippen LogP contribution in [-0.4, -0.2) is 42.4 Å². The highest BCUT2D eigenvalue weighted by atomic mass is 28.4. The Hall–Kier alpha value is -2.00. The normalized spacial score (nSPS) is 13.4. The predicted molar refractivity (Wildman–Crippen MR) is 170 cm³/mol. The average Bonchev–Trinajstić information content (AvgIpc) is 2.86. The monoisotopic (exact) mass is 568 g/mol. The Morgan fingerprint density at radius 1 is 0.744 bits per heavy atom. The Labute approximate surface area is 240 Å². The number of hydrogen-bond acceptors (Lipinski definition) is 4. The van der Waals surface area contributed by atoms with Gasteiger partial charge in [0.05, 0.1) is 6.61 Å². The minimum Gasteiger partial charge on any atom is -0.463 e. The molecule has 0 atom stereocenters. The van der Waals surface area contributed by atoms with Crippen LogP contribution in [-0.2, 0) is 18.4 Å². The van der Waals surface area contributed by atoms with E-state index in [1.165, 1.54) is 10.4 Å². The molecule has 0 aromatic heterocycles. The standard InChI is InChI=1S/C33H52O4Si2/c1-10-35-31(34)27-28(19-17-25-36-38(8,9)32(2,3)4)20-18-26-37-39(33(5,6)7,29-21-13-11-14-22-29)30-23-15-12-16-24-30/h11-16,21-24,27H,10,17-20,25-26H2,1-9H3/b28-27+. The summed E-state index contributed by atoms with van der Waals surface area (Å²) in [6, 6.07) is 21.5. The first-order valence-electron chi connectivity index (χ1n) is 14.5. The van der Waals surface area contributed by atoms with Crippen molar-refractivity contribution in [1.29, 1.82) is 0 Å². The molecule has 0 saturated heterocycles. The van der Waals surface area contributed by atoms with Crippen molar-refractivity contribution in [2.75, 3.05) is 19.8 Å². The van der Waals surface area contributed by atoms with Crippen molar-refractivity contribution in [3.05, 3.63) is 72.3 Å². The van der Waals surface area contributed by atoms with E-state index in [2.05, 4.69) is 115 Å². The van der Waals surface area contributed by atoms with Gasteiger partial charge < -0.3 is 13.6 Å². The van der Waals surface area contributed by atoms with E-state index in [0.29, 0.717) is 13.2 Å². The molecule has 39 heavy (non-hydrogen) atoms. The molecule has 2 aromatic rings. The molecule has 0 heterocycles. The van der Waals surface area contributed by atoms with Gasteiger partial charge in [0, 0.05) is 19.3 Å². The first kappa shape index (κ1) is 33.2. The first-order chi connectivity index (χ1) is 18.2. The number of carbonyl (C=O) groups is 1. The summed E-state index contributed by atoms with van der Waals surface area (Å²) in [5.41, 5.74) is 1.11. The molecule has 0 spiro atoms. The van der Waals surface area contributed by atoms with Gasteiger partial charge >= 0.3 is 5.97 Å². The summed E-state index contributed by atoms with van der Waals surface area (Å²) < 4.78 is 18.7. The average molecular weight is 569 g/mol. The van der Waals surface area contributed by atoms with Gasteiger partial charge in [0.1, 0.15) is 0 Å². The summed E-state index contributed by atoms with van der Waals surface area (Å²) in [6.45, 7) is 21.8. The van der Waals surface area contributed by atoms with E-state index >= 15 is 0 Å². The van der Waals surface area contributed by atoms with Gasteiger partial charge in [-0.3, -0.25) is 0 Å². The van der Waals surface area contributed by atoms with Crippen LogP contribution >= 0.6 is 0 Å². The smallest absolute Gasteiger partial charge is 0.330 e. The van der Waals surface area contributed by atoms with E-state index in [1.54, 1.807) is 6.08 Å². The van der Waals surface area contributed by atoms with Gasteiger partial charge in [-0.2, -0.15) is 0 Å². The van der Waals surface area contributed by atoms with Crippen LogP contribution in [0.25, 0.3) is 0 Å². The van der Waals surface area contributed by atoms with Crippen LogP contribution in [0.4, 0.5) is 0 Å². The third-order valence-corrected chi connectivity index (χ3v) is 17.5. The number of hydrogen-bond donors (Lipinski definition) is 0. The van der Waals surface area contributed by atoms with Gasteiger partial charge in [0.15, 0.2) is 8.32 Å². The van der Waals surface area contributed by atoms with Crippen LogP contribution in [0, 0.1) is 0 Å². The van der Waals surface area contributed by atoms with Crippen molar-refractivity contribution in [1.82, 2.24) is 0 Å². The lowest BCUT2D eigenvalue weighted by atomic mass is 10.0. The van der Waals surface area contributed by atoms with E-state index in [9.17, 15) is 4.79 Å². The van der Waals surface area contributed by atoms with Crippen LogP contribution in [0.2, 0.25) is 23.2 Å². The number of allylic oxidation sites excluding steroid dienone is 1. The maximum Gasteiger partial charge on any atom is 0.330 e. The van der Waals surface area contributed by atoms with E-state index in [4.69, 9.17) is 13.6 Å². The summed E-state index contributed by atoms with van der Waals surface area (Å²) in [4.78, 5) is 12.3. The fraction of sp³-hybridized carbons (Fsp3) is 0.545. The zero-order valence-electron chi connectivity index (χ0n) is 25.9. The maximum atomic E-state index is 12.3. The number of carbonyl (C=O) groups excluding carboxylic acids is 1. The molecular formula is C33H52O4Si2. The molecule has 216 valence electrons. The fourth-order valence-corrected chi connectivity index (χ4v) is 10.4. The number of ether oxygens (including phenoxy) is 1. The Morgan fingerprint density at radius 2 is 1.21 bits per heavy atom. The van der Waals surface area contributed by atoms with Gasteiger partial charge in [0.25, 0.3) is 8.32 Å². The van der Waals surface area contributed by atoms with Crippen LogP contribution in [0.5, 0.6) is 0 Å². The molecule has 0 bridgehead atoms. The topological polar surface area (TPSA) is 44.8 Å². The summed E-state index contributed by atoms with van der Waals surface area (Å²) in [5, 5.41) is 2.71. The van der Waals surface area contributed by atoms with E-state index in [-0.39, 0.29) is 16.0 Å². The van der Waals surface area contributed by atoms with Crippen molar-refractivity contribution in [3.63, 3.8) is 0 Å². The molecule has 0 aliphatic rings. The van der Waals surface area contributed by atoms with Crippen LogP contribution < -0.4 is 10.4 Å². The Morgan fingerprint density at radius 3 is 1.62 bits per heavy atom. The van der Waals surface area contributed by atoms with Gasteiger partial charge in [0.2, 0.25) is 0 Å². The molecule has 4 nitrogen and oxygen atoms in total. The minimum atomic E-state index is -2.56. The highest BCUT2D eigenvalue weighted by Crippen LogP contribution is 2.38. The zero-order chi connectivity index (χ0) is 29.2. The molecule has 0 aliphatic carbocycles. The number of benzene rings is 2. The highest BCUT2D eigenvalue weighted by molar-refractivity contribution is 6.99. The molecule has 0 amide bonds. The van der Waals surface area contributed by atoms with E-state index in [0.717, 1.165) is 37.9 Å². The van der Waals surface area contributed by atoms with E-state index < -0.39 is 16.6 Å². The molecular weight excluding hydrogens is 517 g/mol. The quantitative estimate of drug-likeness (QED) is 0.102. The van der Waals surface area contributed by atoms with Gasteiger partial charge in [-0.05, 0) is 66.2 Å². The lowest BCUT2D eigenvalue weighted by molar-refractivity contribution is -0.137. The lowest BCUT2D eigenvalue weighted by Gasteiger charge is -2.43. The lowest BCUT2D eigenvalue weighted by Crippen LogP contribution is -2.66. The van der Waals surface area contributed by atoms with Crippen molar-refractivity contribution in [2.24, 2.45) is 0 Å². The van der Waals surface area contributed by atoms with E-state index in [1.807, 2.05) is 6.92 Å². The molecule has 0 saturated carbocycles. The Kier molecular flexibility index (Phi) is 12.4. The Balaban J connectivity index is 2.16. The second-order valence-electron chi connectivity index (χ2n) is 12.9. The molecule has 0 aliphatic heterocycles. The third kappa shape index (κ3) is 9.27. The molecule has 0 radical (unpaired) electrons. The maximum absolute atomic E-state index is 12.3.